The van der Waals surface area contributed by atoms with Crippen molar-refractivity contribution in [2.75, 3.05) is 14.2 Å². The molecule has 146 valence electrons. The Morgan fingerprint density at radius 3 is 2.43 bits per heavy atom. The van der Waals surface area contributed by atoms with Crippen LogP contribution in [0.5, 0.6) is 11.5 Å². The predicted octanol–water partition coefficient (Wildman–Crippen LogP) is 3.65. The first kappa shape index (κ1) is 18.5. The van der Waals surface area contributed by atoms with Crippen LogP contribution in [0, 0.1) is 11.8 Å². The molecule has 2 aromatic rings. The van der Waals surface area contributed by atoms with Gasteiger partial charge in [-0.3, -0.25) is 9.78 Å². The lowest BCUT2D eigenvalue weighted by atomic mass is 9.73. The molecule has 2 atom stereocenters. The minimum Gasteiger partial charge on any atom is -0.493 e. The van der Waals surface area contributed by atoms with Gasteiger partial charge < -0.3 is 9.47 Å². The molecule has 0 saturated heterocycles. The maximum Gasteiger partial charge on any atom is 0.246 e. The molecule has 1 aromatic heterocycles. The lowest BCUT2D eigenvalue weighted by Gasteiger charge is -2.38. The Balaban J connectivity index is 1.73. The third-order valence-corrected chi connectivity index (χ3v) is 5.68. The Morgan fingerprint density at radius 1 is 1.00 bits per heavy atom. The summed E-state index contributed by atoms with van der Waals surface area (Å²) < 4.78 is 10.8. The Bertz CT molecular complexity index is 882. The summed E-state index contributed by atoms with van der Waals surface area (Å²) in [5.41, 5.74) is 2.98. The highest BCUT2D eigenvalue weighted by Crippen LogP contribution is 2.39. The first-order chi connectivity index (χ1) is 13.7. The molecule has 1 aromatic carbocycles. The molecule has 0 bridgehead atoms. The number of hydrogen-bond acceptors (Lipinski definition) is 5. The van der Waals surface area contributed by atoms with Gasteiger partial charge in [-0.05, 0) is 48.7 Å². The minimum atomic E-state index is -0.00353. The van der Waals surface area contributed by atoms with E-state index in [0.717, 1.165) is 42.5 Å². The van der Waals surface area contributed by atoms with Gasteiger partial charge in [-0.25, -0.2) is 5.01 Å². The van der Waals surface area contributed by atoms with Gasteiger partial charge in [0.2, 0.25) is 5.91 Å². The molecular formula is C22H25N3O3. The minimum absolute atomic E-state index is 0.00353. The summed E-state index contributed by atoms with van der Waals surface area (Å²) >= 11 is 0. The molecule has 1 saturated carbocycles. The molecule has 1 amide bonds. The number of carbonyl (C=O) groups is 1. The predicted molar refractivity (Wildman–Crippen MR) is 106 cm³/mol. The number of rotatable bonds is 5. The fraction of sp³-hybridized carbons (Fsp3) is 0.409. The van der Waals surface area contributed by atoms with Crippen LogP contribution in [0.3, 0.4) is 0 Å². The van der Waals surface area contributed by atoms with Gasteiger partial charge in [-0.2, -0.15) is 5.10 Å². The van der Waals surface area contributed by atoms with Crippen molar-refractivity contribution < 1.29 is 14.3 Å². The van der Waals surface area contributed by atoms with E-state index >= 15 is 0 Å². The number of pyridine rings is 1. The van der Waals surface area contributed by atoms with Crippen molar-refractivity contribution in [3.05, 3.63) is 53.9 Å². The zero-order valence-corrected chi connectivity index (χ0v) is 16.3. The van der Waals surface area contributed by atoms with Crippen molar-refractivity contribution in [3.8, 4) is 11.5 Å². The summed E-state index contributed by atoms with van der Waals surface area (Å²) in [4.78, 5) is 17.2. The zero-order valence-electron chi connectivity index (χ0n) is 16.3. The standard InChI is InChI=1S/C22H25N3O3/c1-27-19-8-7-16(13-20(19)28-2)21-17-5-3-4-6-18(17)22(26)25(24-21)14-15-9-11-23-12-10-15/h7-13,17-18H,3-6,14H2,1-2H3/t17-,18+/m0/s1. The number of hydrazone groups is 1. The van der Waals surface area contributed by atoms with Crippen molar-refractivity contribution in [1.82, 2.24) is 9.99 Å². The molecule has 6 heteroatoms. The van der Waals surface area contributed by atoms with Gasteiger partial charge >= 0.3 is 0 Å². The number of methoxy groups -OCH3 is 2. The van der Waals surface area contributed by atoms with E-state index < -0.39 is 0 Å². The molecule has 1 fully saturated rings. The third-order valence-electron chi connectivity index (χ3n) is 5.68. The number of amides is 1. The molecule has 2 heterocycles. The highest BCUT2D eigenvalue weighted by atomic mass is 16.5. The van der Waals surface area contributed by atoms with Crippen LogP contribution in [0.2, 0.25) is 0 Å². The molecule has 6 nitrogen and oxygen atoms in total. The average molecular weight is 379 g/mol. The van der Waals surface area contributed by atoms with Gasteiger partial charge in [0.05, 0.1) is 26.5 Å². The monoisotopic (exact) mass is 379 g/mol. The average Bonchev–Trinajstić information content (AvgIpc) is 2.76. The Morgan fingerprint density at radius 2 is 1.71 bits per heavy atom. The maximum atomic E-state index is 13.1. The third kappa shape index (κ3) is 3.46. The van der Waals surface area contributed by atoms with E-state index in [9.17, 15) is 4.79 Å². The highest BCUT2D eigenvalue weighted by Gasteiger charge is 2.41. The lowest BCUT2D eigenvalue weighted by Crippen LogP contribution is -2.45. The van der Waals surface area contributed by atoms with Crippen LogP contribution in [0.25, 0.3) is 0 Å². The number of fused-ring (bicyclic) bond motifs is 1. The fourth-order valence-corrected chi connectivity index (χ4v) is 4.24. The summed E-state index contributed by atoms with van der Waals surface area (Å²) in [6, 6.07) is 9.71. The smallest absolute Gasteiger partial charge is 0.246 e. The van der Waals surface area contributed by atoms with Crippen molar-refractivity contribution in [2.45, 2.75) is 32.2 Å². The Kier molecular flexibility index (Phi) is 5.28. The quantitative estimate of drug-likeness (QED) is 0.795. The molecule has 28 heavy (non-hydrogen) atoms. The molecule has 0 spiro atoms. The summed E-state index contributed by atoms with van der Waals surface area (Å²) in [5, 5.41) is 6.46. The summed E-state index contributed by atoms with van der Waals surface area (Å²) in [6.45, 7) is 0.460. The Hall–Kier alpha value is -2.89. The van der Waals surface area contributed by atoms with Crippen molar-refractivity contribution in [1.29, 1.82) is 0 Å². The molecule has 2 aliphatic rings. The van der Waals surface area contributed by atoms with Crippen LogP contribution >= 0.6 is 0 Å². The molecular weight excluding hydrogens is 354 g/mol. The number of aromatic nitrogens is 1. The second-order valence-electron chi connectivity index (χ2n) is 7.30. The molecule has 0 N–H and O–H groups in total. The van der Waals surface area contributed by atoms with Crippen molar-refractivity contribution >= 4 is 11.6 Å². The number of carbonyl (C=O) groups excluding carboxylic acids is 1. The molecule has 0 radical (unpaired) electrons. The number of benzene rings is 1. The number of ether oxygens (including phenoxy) is 2. The van der Waals surface area contributed by atoms with E-state index in [0.29, 0.717) is 18.0 Å². The number of hydrogen-bond donors (Lipinski definition) is 0. The van der Waals surface area contributed by atoms with Gasteiger partial charge in [0.15, 0.2) is 11.5 Å². The van der Waals surface area contributed by atoms with Crippen LogP contribution in [-0.2, 0) is 11.3 Å². The second-order valence-corrected chi connectivity index (χ2v) is 7.30. The summed E-state index contributed by atoms with van der Waals surface area (Å²) in [5.74, 6) is 1.65. The first-order valence-corrected chi connectivity index (χ1v) is 9.72. The maximum absolute atomic E-state index is 13.1. The van der Waals surface area contributed by atoms with Crippen LogP contribution in [0.1, 0.15) is 36.8 Å². The normalized spacial score (nSPS) is 21.7. The first-order valence-electron chi connectivity index (χ1n) is 9.72. The van der Waals surface area contributed by atoms with Crippen LogP contribution in [0.4, 0.5) is 0 Å². The Labute approximate surface area is 165 Å². The van der Waals surface area contributed by atoms with Gasteiger partial charge in [-0.15, -0.1) is 0 Å². The van der Waals surface area contributed by atoms with Gasteiger partial charge in [0.25, 0.3) is 0 Å². The van der Waals surface area contributed by atoms with Crippen molar-refractivity contribution in [3.63, 3.8) is 0 Å². The second kappa shape index (κ2) is 8.00. The fourth-order valence-electron chi connectivity index (χ4n) is 4.24. The topological polar surface area (TPSA) is 64.0 Å². The lowest BCUT2D eigenvalue weighted by molar-refractivity contribution is -0.139. The van der Waals surface area contributed by atoms with E-state index in [1.54, 1.807) is 31.6 Å². The largest absolute Gasteiger partial charge is 0.493 e. The van der Waals surface area contributed by atoms with Crippen LogP contribution in [0.15, 0.2) is 47.8 Å². The van der Waals surface area contributed by atoms with E-state index in [1.807, 2.05) is 30.3 Å². The van der Waals surface area contributed by atoms with Crippen LogP contribution < -0.4 is 9.47 Å². The van der Waals surface area contributed by atoms with Crippen LogP contribution in [-0.4, -0.2) is 35.8 Å². The van der Waals surface area contributed by atoms with E-state index in [1.165, 1.54) is 0 Å². The highest BCUT2D eigenvalue weighted by molar-refractivity contribution is 6.07. The SMILES string of the molecule is COc1ccc(C2=NN(Cc3ccncc3)C(=O)[C@@H]3CCCC[C@H]23)cc1OC. The van der Waals surface area contributed by atoms with Gasteiger partial charge in [0.1, 0.15) is 0 Å². The summed E-state index contributed by atoms with van der Waals surface area (Å²) in [7, 11) is 3.26. The van der Waals surface area contributed by atoms with E-state index in [2.05, 4.69) is 4.98 Å². The molecule has 0 unspecified atom stereocenters. The summed E-state index contributed by atoms with van der Waals surface area (Å²) in [6.07, 6.45) is 7.62. The van der Waals surface area contributed by atoms with Gasteiger partial charge in [0, 0.05) is 29.8 Å². The van der Waals surface area contributed by atoms with Gasteiger partial charge in [-0.1, -0.05) is 12.8 Å². The van der Waals surface area contributed by atoms with Crippen molar-refractivity contribution in [2.24, 2.45) is 16.9 Å². The van der Waals surface area contributed by atoms with E-state index in [-0.39, 0.29) is 17.7 Å². The van der Waals surface area contributed by atoms with E-state index in [4.69, 9.17) is 14.6 Å². The molecule has 1 aliphatic carbocycles. The number of nitrogens with zero attached hydrogens (tertiary/aromatic N) is 3. The molecule has 1 aliphatic heterocycles. The molecule has 4 rings (SSSR count). The zero-order chi connectivity index (χ0) is 19.5.